The molecule has 2 aromatic rings. The van der Waals surface area contributed by atoms with Crippen molar-refractivity contribution in [1.82, 2.24) is 9.97 Å². The topological polar surface area (TPSA) is 159 Å². The molecule has 29 heavy (non-hydrogen) atoms. The first-order chi connectivity index (χ1) is 13.9. The number of aromatic nitrogens is 2. The van der Waals surface area contributed by atoms with Crippen molar-refractivity contribution in [3.05, 3.63) is 36.0 Å². The first-order valence-electron chi connectivity index (χ1n) is 9.45. The lowest BCUT2D eigenvalue weighted by atomic mass is 10.2. The summed E-state index contributed by atoms with van der Waals surface area (Å²) >= 11 is 0. The molecule has 10 nitrogen and oxygen atoms in total. The number of primary amides is 2. The van der Waals surface area contributed by atoms with Gasteiger partial charge >= 0.3 is 0 Å². The smallest absolute Gasteiger partial charge is 0.254 e. The number of nitrogens with one attached hydrogen (secondary N) is 2. The van der Waals surface area contributed by atoms with Crippen molar-refractivity contribution in [2.45, 2.75) is 37.5 Å². The molecule has 152 valence electrons. The molecular formula is C19H23N7O3. The lowest BCUT2D eigenvalue weighted by molar-refractivity contribution is -0.119. The molecule has 2 fully saturated rings. The molecule has 2 amide bonds. The Morgan fingerprint density at radius 2 is 1.90 bits per heavy atom. The number of hydrogen-bond donors (Lipinski definition) is 5. The normalized spacial score (nSPS) is 21.1. The van der Waals surface area contributed by atoms with E-state index in [1.807, 2.05) is 24.3 Å². The molecule has 0 spiro atoms. The van der Waals surface area contributed by atoms with Crippen LogP contribution in [-0.2, 0) is 4.79 Å². The number of carbonyl (C=O) groups excluding carboxylic acids is 2. The van der Waals surface area contributed by atoms with Gasteiger partial charge in [-0.2, -0.15) is 4.98 Å². The lowest BCUT2D eigenvalue weighted by Gasteiger charge is -2.24. The summed E-state index contributed by atoms with van der Waals surface area (Å²) in [5, 5.41) is 16.1. The van der Waals surface area contributed by atoms with Crippen LogP contribution in [0.25, 0.3) is 0 Å². The Bertz CT molecular complexity index is 930. The summed E-state index contributed by atoms with van der Waals surface area (Å²) in [6.45, 7) is 0.355. The van der Waals surface area contributed by atoms with Crippen LogP contribution >= 0.6 is 0 Å². The van der Waals surface area contributed by atoms with E-state index in [4.69, 9.17) is 11.5 Å². The third-order valence-corrected chi connectivity index (χ3v) is 5.03. The molecule has 0 unspecified atom stereocenters. The molecule has 1 aromatic heterocycles. The van der Waals surface area contributed by atoms with Crippen molar-refractivity contribution < 1.29 is 14.7 Å². The van der Waals surface area contributed by atoms with Crippen LogP contribution in [0.1, 0.15) is 29.6 Å². The Morgan fingerprint density at radius 1 is 1.17 bits per heavy atom. The number of hydrogen-bond acceptors (Lipinski definition) is 8. The minimum absolute atomic E-state index is 0.253. The molecular weight excluding hydrogens is 374 g/mol. The summed E-state index contributed by atoms with van der Waals surface area (Å²) in [6.07, 6.45) is 3.21. The molecule has 1 aliphatic heterocycles. The number of nitrogens with zero attached hydrogens (tertiary/aromatic N) is 3. The lowest BCUT2D eigenvalue weighted by Crippen LogP contribution is -2.40. The molecule has 1 saturated heterocycles. The minimum atomic E-state index is -0.583. The molecule has 2 atom stereocenters. The number of nitrogens with two attached hydrogens (primary N) is 2. The number of aliphatic hydroxyl groups excluding tert-OH is 1. The van der Waals surface area contributed by atoms with Crippen LogP contribution in [0.2, 0.25) is 0 Å². The van der Waals surface area contributed by atoms with Crippen LogP contribution < -0.4 is 27.0 Å². The van der Waals surface area contributed by atoms with Crippen molar-refractivity contribution in [2.24, 2.45) is 11.5 Å². The van der Waals surface area contributed by atoms with Gasteiger partial charge in [-0.1, -0.05) is 0 Å². The van der Waals surface area contributed by atoms with E-state index < -0.39 is 24.0 Å². The van der Waals surface area contributed by atoms with Crippen molar-refractivity contribution in [3.8, 4) is 0 Å². The Morgan fingerprint density at radius 3 is 2.52 bits per heavy atom. The summed E-state index contributed by atoms with van der Waals surface area (Å²) in [4.78, 5) is 33.5. The maximum atomic E-state index is 11.6. The van der Waals surface area contributed by atoms with E-state index >= 15 is 0 Å². The molecule has 1 aromatic carbocycles. The molecule has 10 heteroatoms. The van der Waals surface area contributed by atoms with E-state index in [0.29, 0.717) is 30.8 Å². The Balaban J connectivity index is 1.50. The van der Waals surface area contributed by atoms with E-state index in [1.54, 1.807) is 4.90 Å². The number of benzene rings is 1. The van der Waals surface area contributed by atoms with Crippen LogP contribution in [0.15, 0.2) is 30.5 Å². The number of rotatable bonds is 7. The number of carbonyl (C=O) groups is 2. The largest absolute Gasteiger partial charge is 0.391 e. The first kappa shape index (κ1) is 18.9. The average molecular weight is 397 g/mol. The number of amides is 2. The second-order valence-corrected chi connectivity index (χ2v) is 7.37. The second kappa shape index (κ2) is 7.55. The van der Waals surface area contributed by atoms with Gasteiger partial charge < -0.3 is 32.1 Å². The van der Waals surface area contributed by atoms with Crippen molar-refractivity contribution in [3.63, 3.8) is 0 Å². The fourth-order valence-corrected chi connectivity index (χ4v) is 3.39. The number of β-amino-alcohol motifs (C(OH)–C–C–N with tert-alkyl or cyclic N) is 1. The van der Waals surface area contributed by atoms with Gasteiger partial charge in [0.25, 0.3) is 5.91 Å². The van der Waals surface area contributed by atoms with Gasteiger partial charge in [0.2, 0.25) is 11.9 Å². The summed E-state index contributed by atoms with van der Waals surface area (Å²) in [5.41, 5.74) is 12.6. The highest BCUT2D eigenvalue weighted by atomic mass is 16.3. The predicted molar refractivity (Wildman–Crippen MR) is 108 cm³/mol. The highest BCUT2D eigenvalue weighted by Crippen LogP contribution is 2.29. The minimum Gasteiger partial charge on any atom is -0.391 e. The van der Waals surface area contributed by atoms with Gasteiger partial charge in [0, 0.05) is 36.6 Å². The summed E-state index contributed by atoms with van der Waals surface area (Å²) in [5.74, 6) is -0.287. The molecule has 7 N–H and O–H groups in total. The van der Waals surface area contributed by atoms with Gasteiger partial charge in [-0.05, 0) is 37.1 Å². The zero-order valence-electron chi connectivity index (χ0n) is 15.7. The molecule has 2 aliphatic rings. The van der Waals surface area contributed by atoms with E-state index in [2.05, 4.69) is 20.6 Å². The van der Waals surface area contributed by atoms with Gasteiger partial charge in [-0.3, -0.25) is 9.59 Å². The maximum absolute atomic E-state index is 11.6. The maximum Gasteiger partial charge on any atom is 0.254 e. The highest BCUT2D eigenvalue weighted by Gasteiger charge is 2.34. The molecule has 0 radical (unpaired) electrons. The Hall–Kier alpha value is -3.40. The molecule has 0 bridgehead atoms. The third-order valence-electron chi connectivity index (χ3n) is 5.03. The fraction of sp³-hybridized carbons (Fsp3) is 0.368. The van der Waals surface area contributed by atoms with Crippen molar-refractivity contribution in [2.75, 3.05) is 22.1 Å². The summed E-state index contributed by atoms with van der Waals surface area (Å²) < 4.78 is 0. The van der Waals surface area contributed by atoms with Crippen LogP contribution in [0, 0.1) is 0 Å². The van der Waals surface area contributed by atoms with Gasteiger partial charge in [0.15, 0.2) is 0 Å². The molecule has 2 heterocycles. The van der Waals surface area contributed by atoms with Crippen molar-refractivity contribution in [1.29, 1.82) is 0 Å². The van der Waals surface area contributed by atoms with Crippen LogP contribution in [0.4, 0.5) is 23.1 Å². The zero-order chi connectivity index (χ0) is 20.5. The van der Waals surface area contributed by atoms with E-state index in [0.717, 1.165) is 24.2 Å². The first-order valence-corrected chi connectivity index (χ1v) is 9.45. The van der Waals surface area contributed by atoms with Gasteiger partial charge in [-0.15, -0.1) is 0 Å². The van der Waals surface area contributed by atoms with Crippen LogP contribution in [0.3, 0.4) is 0 Å². The Kier molecular flexibility index (Phi) is 4.93. The SMILES string of the molecule is NC(=O)c1cnc(Nc2ccc(N3C[C@@H](O)C[C@H]3C(N)=O)cc2)nc1NC1CC1. The number of aliphatic hydroxyl groups is 1. The Labute approximate surface area is 167 Å². The van der Waals surface area contributed by atoms with E-state index in [-0.39, 0.29) is 5.56 Å². The molecule has 1 aliphatic carbocycles. The fourth-order valence-electron chi connectivity index (χ4n) is 3.39. The summed E-state index contributed by atoms with van der Waals surface area (Å²) in [7, 11) is 0. The van der Waals surface area contributed by atoms with Crippen molar-refractivity contribution >= 4 is 35.0 Å². The van der Waals surface area contributed by atoms with Gasteiger partial charge in [-0.25, -0.2) is 4.98 Å². The van der Waals surface area contributed by atoms with E-state index in [9.17, 15) is 14.7 Å². The van der Waals surface area contributed by atoms with Crippen LogP contribution in [0.5, 0.6) is 0 Å². The van der Waals surface area contributed by atoms with Gasteiger partial charge in [0.05, 0.1) is 11.7 Å². The standard InChI is InChI=1S/C19H23N7O3/c20-16(28)14-8-22-19(25-18(14)23-10-1-2-10)24-11-3-5-12(6-4-11)26-9-13(27)7-15(26)17(21)29/h3-6,8,10,13,15,27H,1-2,7,9H2,(H2,20,28)(H2,21,29)(H2,22,23,24,25)/t13-,15-/m0/s1. The van der Waals surface area contributed by atoms with Gasteiger partial charge in [0.1, 0.15) is 11.9 Å². The highest BCUT2D eigenvalue weighted by molar-refractivity contribution is 5.97. The second-order valence-electron chi connectivity index (χ2n) is 7.37. The van der Waals surface area contributed by atoms with Crippen LogP contribution in [-0.4, -0.2) is 51.6 Å². The molecule has 1 saturated carbocycles. The predicted octanol–water partition coefficient (Wildman–Crippen LogP) is 0.318. The van der Waals surface area contributed by atoms with E-state index in [1.165, 1.54) is 6.20 Å². The summed E-state index contributed by atoms with van der Waals surface area (Å²) in [6, 6.07) is 7.08. The monoisotopic (exact) mass is 397 g/mol. The third kappa shape index (κ3) is 4.21. The zero-order valence-corrected chi connectivity index (χ0v) is 15.7. The average Bonchev–Trinajstić information content (AvgIpc) is 3.40. The number of anilines is 4. The quantitative estimate of drug-likeness (QED) is 0.446. The molecule has 4 rings (SSSR count).